The molecule has 0 saturated carbocycles. The standard InChI is InChI=1S/C15H10BrNO2/c16-13-8-10-7-12(19)5-6-14(10)17-15(13)9-1-3-11(18)4-2-9/h1-8,18-19H. The Morgan fingerprint density at radius 2 is 1.53 bits per heavy atom. The zero-order valence-corrected chi connectivity index (χ0v) is 11.4. The molecule has 0 amide bonds. The maximum absolute atomic E-state index is 9.47. The van der Waals surface area contributed by atoms with Gasteiger partial charge in [0.25, 0.3) is 0 Å². The fourth-order valence-corrected chi connectivity index (χ4v) is 2.52. The maximum atomic E-state index is 9.47. The van der Waals surface area contributed by atoms with E-state index in [4.69, 9.17) is 0 Å². The Labute approximate surface area is 118 Å². The number of benzene rings is 2. The molecule has 0 bridgehead atoms. The first-order valence-corrected chi connectivity index (χ1v) is 6.51. The smallest absolute Gasteiger partial charge is 0.116 e. The van der Waals surface area contributed by atoms with Crippen LogP contribution < -0.4 is 0 Å². The summed E-state index contributed by atoms with van der Waals surface area (Å²) in [5, 5.41) is 19.7. The first kappa shape index (κ1) is 12.0. The first-order valence-electron chi connectivity index (χ1n) is 5.72. The largest absolute Gasteiger partial charge is 0.508 e. The molecule has 4 heteroatoms. The van der Waals surface area contributed by atoms with E-state index in [1.54, 1.807) is 30.3 Å². The van der Waals surface area contributed by atoms with Crippen LogP contribution in [0.2, 0.25) is 0 Å². The summed E-state index contributed by atoms with van der Waals surface area (Å²) < 4.78 is 0.844. The van der Waals surface area contributed by atoms with E-state index in [9.17, 15) is 10.2 Å². The summed E-state index contributed by atoms with van der Waals surface area (Å²) in [6.45, 7) is 0. The van der Waals surface area contributed by atoms with E-state index >= 15 is 0 Å². The van der Waals surface area contributed by atoms with E-state index in [0.717, 1.165) is 26.6 Å². The number of phenolic OH excluding ortho intramolecular Hbond substituents is 2. The van der Waals surface area contributed by atoms with E-state index in [1.807, 2.05) is 18.2 Å². The Hall–Kier alpha value is -2.07. The highest BCUT2D eigenvalue weighted by Gasteiger charge is 2.08. The summed E-state index contributed by atoms with van der Waals surface area (Å²) in [6, 6.07) is 13.9. The second kappa shape index (κ2) is 4.55. The van der Waals surface area contributed by atoms with Gasteiger partial charge in [-0.15, -0.1) is 0 Å². The molecule has 2 aromatic carbocycles. The zero-order valence-electron chi connectivity index (χ0n) is 9.84. The minimum absolute atomic E-state index is 0.221. The number of aromatic nitrogens is 1. The third-order valence-corrected chi connectivity index (χ3v) is 3.50. The van der Waals surface area contributed by atoms with E-state index in [2.05, 4.69) is 20.9 Å². The van der Waals surface area contributed by atoms with Gasteiger partial charge in [0, 0.05) is 15.4 Å². The number of nitrogens with zero attached hydrogens (tertiary/aromatic N) is 1. The number of hydrogen-bond donors (Lipinski definition) is 2. The highest BCUT2D eigenvalue weighted by molar-refractivity contribution is 9.10. The molecule has 0 fully saturated rings. The molecule has 94 valence electrons. The number of pyridine rings is 1. The van der Waals surface area contributed by atoms with E-state index in [-0.39, 0.29) is 11.5 Å². The molecule has 0 spiro atoms. The summed E-state index contributed by atoms with van der Waals surface area (Å²) >= 11 is 3.49. The van der Waals surface area contributed by atoms with Gasteiger partial charge in [-0.1, -0.05) is 0 Å². The van der Waals surface area contributed by atoms with Crippen LogP contribution in [0.25, 0.3) is 22.2 Å². The van der Waals surface area contributed by atoms with Crippen LogP contribution in [0.4, 0.5) is 0 Å². The van der Waals surface area contributed by atoms with Crippen LogP contribution in [0.15, 0.2) is 53.0 Å². The van der Waals surface area contributed by atoms with Crippen molar-refractivity contribution in [1.82, 2.24) is 4.98 Å². The van der Waals surface area contributed by atoms with Gasteiger partial charge in [-0.3, -0.25) is 0 Å². The highest BCUT2D eigenvalue weighted by atomic mass is 79.9. The zero-order chi connectivity index (χ0) is 13.4. The van der Waals surface area contributed by atoms with Gasteiger partial charge in [0.2, 0.25) is 0 Å². The monoisotopic (exact) mass is 315 g/mol. The van der Waals surface area contributed by atoms with Gasteiger partial charge in [0.15, 0.2) is 0 Å². The van der Waals surface area contributed by atoms with Gasteiger partial charge in [-0.25, -0.2) is 4.98 Å². The van der Waals surface area contributed by atoms with Crippen molar-refractivity contribution in [1.29, 1.82) is 0 Å². The van der Waals surface area contributed by atoms with Crippen LogP contribution >= 0.6 is 15.9 Å². The molecule has 0 radical (unpaired) electrons. The Morgan fingerprint density at radius 1 is 0.842 bits per heavy atom. The van der Waals surface area contributed by atoms with Gasteiger partial charge in [-0.05, 0) is 64.5 Å². The van der Waals surface area contributed by atoms with Gasteiger partial charge >= 0.3 is 0 Å². The third-order valence-electron chi connectivity index (χ3n) is 2.89. The predicted octanol–water partition coefficient (Wildman–Crippen LogP) is 4.08. The Kier molecular flexibility index (Phi) is 2.87. The molecule has 0 saturated heterocycles. The molecule has 0 aliphatic heterocycles. The van der Waals surface area contributed by atoms with Crippen molar-refractivity contribution < 1.29 is 10.2 Å². The lowest BCUT2D eigenvalue weighted by Crippen LogP contribution is -1.87. The maximum Gasteiger partial charge on any atom is 0.116 e. The van der Waals surface area contributed by atoms with Crippen molar-refractivity contribution in [3.8, 4) is 22.8 Å². The van der Waals surface area contributed by atoms with E-state index in [0.29, 0.717) is 0 Å². The van der Waals surface area contributed by atoms with Crippen LogP contribution in [0.1, 0.15) is 0 Å². The van der Waals surface area contributed by atoms with Gasteiger partial charge in [-0.2, -0.15) is 0 Å². The second-order valence-corrected chi connectivity index (χ2v) is 5.10. The van der Waals surface area contributed by atoms with Crippen molar-refractivity contribution in [3.05, 3.63) is 53.0 Å². The summed E-state index contributed by atoms with van der Waals surface area (Å²) in [4.78, 5) is 4.58. The van der Waals surface area contributed by atoms with Crippen molar-refractivity contribution in [2.45, 2.75) is 0 Å². The third kappa shape index (κ3) is 2.27. The normalized spacial score (nSPS) is 10.8. The molecule has 0 unspecified atom stereocenters. The van der Waals surface area contributed by atoms with Crippen LogP contribution in [0, 0.1) is 0 Å². The van der Waals surface area contributed by atoms with Crippen LogP contribution in [0.5, 0.6) is 11.5 Å². The number of aromatic hydroxyl groups is 2. The summed E-state index contributed by atoms with van der Waals surface area (Å²) in [7, 11) is 0. The van der Waals surface area contributed by atoms with Crippen LogP contribution in [-0.2, 0) is 0 Å². The predicted molar refractivity (Wildman–Crippen MR) is 78.2 cm³/mol. The molecule has 3 aromatic rings. The molecule has 3 rings (SSSR count). The van der Waals surface area contributed by atoms with E-state index in [1.165, 1.54) is 0 Å². The van der Waals surface area contributed by atoms with Crippen molar-refractivity contribution in [2.24, 2.45) is 0 Å². The molecule has 19 heavy (non-hydrogen) atoms. The molecular weight excluding hydrogens is 306 g/mol. The summed E-state index contributed by atoms with van der Waals surface area (Å²) in [5.41, 5.74) is 2.53. The quantitative estimate of drug-likeness (QED) is 0.711. The summed E-state index contributed by atoms with van der Waals surface area (Å²) in [6.07, 6.45) is 0. The Morgan fingerprint density at radius 3 is 2.26 bits per heavy atom. The lowest BCUT2D eigenvalue weighted by molar-refractivity contribution is 0.475. The minimum Gasteiger partial charge on any atom is -0.508 e. The lowest BCUT2D eigenvalue weighted by Gasteiger charge is -2.07. The lowest BCUT2D eigenvalue weighted by atomic mass is 10.1. The average molecular weight is 316 g/mol. The average Bonchev–Trinajstić information content (AvgIpc) is 2.39. The molecular formula is C15H10BrNO2. The van der Waals surface area contributed by atoms with Gasteiger partial charge < -0.3 is 10.2 Å². The Bertz CT molecular complexity index is 754. The van der Waals surface area contributed by atoms with Crippen LogP contribution in [0.3, 0.4) is 0 Å². The fraction of sp³-hybridized carbons (Fsp3) is 0. The highest BCUT2D eigenvalue weighted by Crippen LogP contribution is 2.31. The number of hydrogen-bond acceptors (Lipinski definition) is 3. The molecule has 0 aliphatic rings. The van der Waals surface area contributed by atoms with Crippen molar-refractivity contribution in [3.63, 3.8) is 0 Å². The fourth-order valence-electron chi connectivity index (χ4n) is 1.96. The molecule has 0 aliphatic carbocycles. The minimum atomic E-state index is 0.221. The Balaban J connectivity index is 2.21. The van der Waals surface area contributed by atoms with Crippen molar-refractivity contribution in [2.75, 3.05) is 0 Å². The molecule has 3 nitrogen and oxygen atoms in total. The molecule has 1 aromatic heterocycles. The summed E-state index contributed by atoms with van der Waals surface area (Å²) in [5.74, 6) is 0.448. The first-order chi connectivity index (χ1) is 9.13. The molecule has 2 N–H and O–H groups in total. The van der Waals surface area contributed by atoms with Gasteiger partial charge in [0.05, 0.1) is 11.2 Å². The van der Waals surface area contributed by atoms with Gasteiger partial charge in [0.1, 0.15) is 11.5 Å². The van der Waals surface area contributed by atoms with Crippen LogP contribution in [-0.4, -0.2) is 15.2 Å². The van der Waals surface area contributed by atoms with Crippen molar-refractivity contribution >= 4 is 26.8 Å². The number of fused-ring (bicyclic) bond motifs is 1. The topological polar surface area (TPSA) is 53.4 Å². The SMILES string of the molecule is Oc1ccc(-c2nc3ccc(O)cc3cc2Br)cc1. The second-order valence-electron chi connectivity index (χ2n) is 4.24. The molecule has 1 heterocycles. The number of rotatable bonds is 1. The van der Waals surface area contributed by atoms with E-state index < -0.39 is 0 Å². The molecule has 0 atom stereocenters. The number of phenols is 2. The number of halogens is 1.